The third-order valence-electron chi connectivity index (χ3n) is 6.14. The Kier molecular flexibility index (Phi) is 5.60. The van der Waals surface area contributed by atoms with Gasteiger partial charge in [-0.15, -0.1) is 0 Å². The van der Waals surface area contributed by atoms with Crippen molar-refractivity contribution in [2.45, 2.75) is 31.7 Å². The van der Waals surface area contributed by atoms with Gasteiger partial charge in [0.15, 0.2) is 0 Å². The molecule has 4 rings (SSSR count). The minimum absolute atomic E-state index is 0.00449. The van der Waals surface area contributed by atoms with Gasteiger partial charge in [0, 0.05) is 45.7 Å². The number of rotatable bonds is 5. The molecule has 0 aliphatic carbocycles. The van der Waals surface area contributed by atoms with Gasteiger partial charge in [-0.05, 0) is 31.4 Å². The SMILES string of the molecule is COc1ccccc1N1CCN(C(=O)CCN2C(=O)C3CCCCN3C2=O)CC1. The first-order valence-corrected chi connectivity index (χ1v) is 10.4. The molecule has 3 saturated heterocycles. The quantitative estimate of drug-likeness (QED) is 0.702. The number of nitrogens with zero attached hydrogens (tertiary/aromatic N) is 4. The monoisotopic (exact) mass is 400 g/mol. The Morgan fingerprint density at radius 1 is 1.07 bits per heavy atom. The molecule has 1 aromatic rings. The molecule has 3 fully saturated rings. The van der Waals surface area contributed by atoms with Gasteiger partial charge in [0.05, 0.1) is 12.8 Å². The van der Waals surface area contributed by atoms with Crippen LogP contribution in [0.1, 0.15) is 25.7 Å². The first-order valence-electron chi connectivity index (χ1n) is 10.4. The number of hydrogen-bond donors (Lipinski definition) is 0. The maximum absolute atomic E-state index is 12.7. The molecule has 0 aromatic heterocycles. The Bertz CT molecular complexity index is 767. The lowest BCUT2D eigenvalue weighted by Crippen LogP contribution is -2.49. The van der Waals surface area contributed by atoms with E-state index in [2.05, 4.69) is 4.90 Å². The number of urea groups is 1. The van der Waals surface area contributed by atoms with Gasteiger partial charge in [-0.1, -0.05) is 12.1 Å². The highest BCUT2D eigenvalue weighted by Crippen LogP contribution is 2.29. The van der Waals surface area contributed by atoms with Crippen molar-refractivity contribution in [2.24, 2.45) is 0 Å². The van der Waals surface area contributed by atoms with Gasteiger partial charge in [0.2, 0.25) is 5.91 Å². The summed E-state index contributed by atoms with van der Waals surface area (Å²) < 4.78 is 5.43. The topological polar surface area (TPSA) is 73.4 Å². The largest absolute Gasteiger partial charge is 0.495 e. The van der Waals surface area contributed by atoms with Crippen LogP contribution in [-0.4, -0.2) is 85.0 Å². The summed E-state index contributed by atoms with van der Waals surface area (Å²) in [6, 6.07) is 7.34. The van der Waals surface area contributed by atoms with Gasteiger partial charge in [-0.3, -0.25) is 14.5 Å². The average molecular weight is 400 g/mol. The average Bonchev–Trinajstić information content (AvgIpc) is 3.02. The van der Waals surface area contributed by atoms with Gasteiger partial charge >= 0.3 is 6.03 Å². The minimum atomic E-state index is -0.309. The highest BCUT2D eigenvalue weighted by atomic mass is 16.5. The summed E-state index contributed by atoms with van der Waals surface area (Å²) in [5.74, 6) is 0.688. The fraction of sp³-hybridized carbons (Fsp3) is 0.571. The molecule has 8 heteroatoms. The molecule has 4 amide bonds. The van der Waals surface area contributed by atoms with Crippen molar-refractivity contribution in [1.29, 1.82) is 0 Å². The molecule has 0 radical (unpaired) electrons. The number of ether oxygens (including phenoxy) is 1. The van der Waals surface area contributed by atoms with E-state index in [9.17, 15) is 14.4 Å². The van der Waals surface area contributed by atoms with E-state index in [0.29, 0.717) is 19.6 Å². The molecule has 1 unspecified atom stereocenters. The van der Waals surface area contributed by atoms with Crippen LogP contribution in [0, 0.1) is 0 Å². The number of piperidine rings is 1. The molecule has 156 valence electrons. The lowest BCUT2D eigenvalue weighted by Gasteiger charge is -2.36. The maximum atomic E-state index is 12.7. The van der Waals surface area contributed by atoms with Crippen LogP contribution < -0.4 is 9.64 Å². The number of fused-ring (bicyclic) bond motifs is 1. The molecule has 3 aliphatic rings. The van der Waals surface area contributed by atoms with Crippen LogP contribution in [0.2, 0.25) is 0 Å². The molecule has 3 heterocycles. The Hall–Kier alpha value is -2.77. The smallest absolute Gasteiger partial charge is 0.327 e. The molecule has 1 atom stereocenters. The van der Waals surface area contributed by atoms with E-state index >= 15 is 0 Å². The Morgan fingerprint density at radius 3 is 2.55 bits per heavy atom. The van der Waals surface area contributed by atoms with Gasteiger partial charge < -0.3 is 19.4 Å². The van der Waals surface area contributed by atoms with Crippen molar-refractivity contribution < 1.29 is 19.1 Å². The Balaban J connectivity index is 1.29. The fourth-order valence-corrected chi connectivity index (χ4v) is 4.51. The molecular formula is C21H28N4O4. The predicted octanol–water partition coefficient (Wildman–Crippen LogP) is 1.55. The number of hydrogen-bond acceptors (Lipinski definition) is 5. The summed E-state index contributed by atoms with van der Waals surface area (Å²) >= 11 is 0. The second-order valence-corrected chi connectivity index (χ2v) is 7.77. The van der Waals surface area contributed by atoms with E-state index < -0.39 is 0 Å². The van der Waals surface area contributed by atoms with E-state index in [1.807, 2.05) is 29.2 Å². The highest BCUT2D eigenvalue weighted by molar-refractivity contribution is 6.04. The molecule has 3 aliphatic heterocycles. The highest BCUT2D eigenvalue weighted by Gasteiger charge is 2.45. The van der Waals surface area contributed by atoms with Crippen LogP contribution in [0.25, 0.3) is 0 Å². The zero-order chi connectivity index (χ0) is 20.4. The Labute approximate surface area is 171 Å². The standard InChI is InChI=1S/C21H28N4O4/c1-29-18-8-3-2-6-16(18)22-12-14-23(15-13-22)19(26)9-11-25-20(27)17-7-4-5-10-24(17)21(25)28/h2-3,6,8,17H,4-5,7,9-15H2,1H3. The zero-order valence-corrected chi connectivity index (χ0v) is 16.9. The fourth-order valence-electron chi connectivity index (χ4n) is 4.51. The molecular weight excluding hydrogens is 372 g/mol. The molecule has 0 N–H and O–H groups in total. The van der Waals surface area contributed by atoms with E-state index in [4.69, 9.17) is 4.74 Å². The van der Waals surface area contributed by atoms with Crippen molar-refractivity contribution in [1.82, 2.24) is 14.7 Å². The van der Waals surface area contributed by atoms with Crippen LogP contribution >= 0.6 is 0 Å². The van der Waals surface area contributed by atoms with Crippen molar-refractivity contribution in [2.75, 3.05) is 51.3 Å². The van der Waals surface area contributed by atoms with Crippen molar-refractivity contribution in [3.63, 3.8) is 0 Å². The third-order valence-corrected chi connectivity index (χ3v) is 6.14. The van der Waals surface area contributed by atoms with Crippen LogP contribution in [0.3, 0.4) is 0 Å². The zero-order valence-electron chi connectivity index (χ0n) is 16.9. The van der Waals surface area contributed by atoms with Crippen molar-refractivity contribution in [3.05, 3.63) is 24.3 Å². The number of amides is 4. The lowest BCUT2D eigenvalue weighted by molar-refractivity contribution is -0.132. The summed E-state index contributed by atoms with van der Waals surface area (Å²) in [5.41, 5.74) is 1.03. The van der Waals surface area contributed by atoms with Crippen molar-refractivity contribution >= 4 is 23.5 Å². The number of anilines is 1. The summed E-state index contributed by atoms with van der Waals surface area (Å²) in [5, 5.41) is 0. The number of para-hydroxylation sites is 2. The molecule has 0 saturated carbocycles. The molecule has 1 aromatic carbocycles. The molecule has 0 spiro atoms. The number of methoxy groups -OCH3 is 1. The van der Waals surface area contributed by atoms with E-state index in [0.717, 1.165) is 43.8 Å². The third kappa shape index (κ3) is 3.75. The van der Waals surface area contributed by atoms with Crippen LogP contribution in [-0.2, 0) is 9.59 Å². The van der Waals surface area contributed by atoms with Gasteiger partial charge in [0.1, 0.15) is 11.8 Å². The summed E-state index contributed by atoms with van der Waals surface area (Å²) in [4.78, 5) is 44.7. The lowest BCUT2D eigenvalue weighted by atomic mass is 10.0. The Morgan fingerprint density at radius 2 is 1.83 bits per heavy atom. The molecule has 29 heavy (non-hydrogen) atoms. The number of benzene rings is 1. The minimum Gasteiger partial charge on any atom is -0.495 e. The number of carbonyl (C=O) groups is 3. The normalized spacial score (nSPS) is 22.2. The molecule has 0 bridgehead atoms. The van der Waals surface area contributed by atoms with Crippen molar-refractivity contribution in [3.8, 4) is 5.75 Å². The van der Waals surface area contributed by atoms with Gasteiger partial charge in [-0.25, -0.2) is 4.79 Å². The van der Waals surface area contributed by atoms with Crippen LogP contribution in [0.5, 0.6) is 5.75 Å². The first-order chi connectivity index (χ1) is 14.1. The summed E-state index contributed by atoms with van der Waals surface area (Å²) in [7, 11) is 1.66. The number of piperazine rings is 1. The summed E-state index contributed by atoms with van der Waals surface area (Å²) in [6.07, 6.45) is 2.84. The van der Waals surface area contributed by atoms with Gasteiger partial charge in [0.25, 0.3) is 5.91 Å². The van der Waals surface area contributed by atoms with Crippen LogP contribution in [0.4, 0.5) is 10.5 Å². The van der Waals surface area contributed by atoms with Crippen LogP contribution in [0.15, 0.2) is 24.3 Å². The second kappa shape index (κ2) is 8.31. The summed E-state index contributed by atoms with van der Waals surface area (Å²) in [6.45, 7) is 3.51. The van der Waals surface area contributed by atoms with E-state index in [1.165, 1.54) is 4.90 Å². The van der Waals surface area contributed by atoms with Gasteiger partial charge in [-0.2, -0.15) is 0 Å². The number of imide groups is 1. The predicted molar refractivity (Wildman–Crippen MR) is 108 cm³/mol. The second-order valence-electron chi connectivity index (χ2n) is 7.77. The molecule has 8 nitrogen and oxygen atoms in total. The van der Waals surface area contributed by atoms with E-state index in [-0.39, 0.29) is 36.9 Å². The number of carbonyl (C=O) groups excluding carboxylic acids is 3. The van der Waals surface area contributed by atoms with E-state index in [1.54, 1.807) is 12.0 Å². The first kappa shape index (κ1) is 19.5. The maximum Gasteiger partial charge on any atom is 0.327 e.